The molecule has 0 spiro atoms. The van der Waals surface area contributed by atoms with Crippen molar-refractivity contribution >= 4 is 5.91 Å². The summed E-state index contributed by atoms with van der Waals surface area (Å²) in [6.07, 6.45) is 1.05. The number of piperazine rings is 1. The number of likely N-dealkylation sites (N-methyl/N-ethyl adjacent to an activating group) is 1. The molecule has 1 atom stereocenters. The lowest BCUT2D eigenvalue weighted by Gasteiger charge is -2.40. The number of amides is 1. The number of nitrogens with zero attached hydrogens (tertiary/aromatic N) is 2. The molecule has 0 unspecified atom stereocenters. The average Bonchev–Trinajstić information content (AvgIpc) is 3.27. The van der Waals surface area contributed by atoms with E-state index in [1.54, 1.807) is 7.11 Å². The molecule has 5 nitrogen and oxygen atoms in total. The van der Waals surface area contributed by atoms with Crippen LogP contribution in [0.2, 0.25) is 0 Å². The summed E-state index contributed by atoms with van der Waals surface area (Å²) in [7, 11) is 3.76. The predicted octanol–water partition coefficient (Wildman–Crippen LogP) is 4.40. The molecule has 5 heteroatoms. The van der Waals surface area contributed by atoms with Gasteiger partial charge in [0.05, 0.1) is 13.2 Å². The molecule has 1 aromatic heterocycles. The Labute approximate surface area is 177 Å². The van der Waals surface area contributed by atoms with Gasteiger partial charge in [-0.2, -0.15) is 0 Å². The topological polar surface area (TPSA) is 45.9 Å². The molecule has 4 rings (SSSR count). The van der Waals surface area contributed by atoms with E-state index >= 15 is 0 Å². The summed E-state index contributed by atoms with van der Waals surface area (Å²) in [6, 6.07) is 22.1. The summed E-state index contributed by atoms with van der Waals surface area (Å²) in [5.74, 6) is 2.64. The third-order valence-electron chi connectivity index (χ3n) is 5.71. The second kappa shape index (κ2) is 9.18. The molecule has 1 fully saturated rings. The summed E-state index contributed by atoms with van der Waals surface area (Å²) in [5.41, 5.74) is 2.19. The van der Waals surface area contributed by atoms with Gasteiger partial charge in [0.2, 0.25) is 5.91 Å². The van der Waals surface area contributed by atoms with Crippen LogP contribution >= 0.6 is 0 Å². The zero-order chi connectivity index (χ0) is 20.9. The van der Waals surface area contributed by atoms with Crippen molar-refractivity contribution < 1.29 is 13.9 Å². The Hall–Kier alpha value is -3.05. The van der Waals surface area contributed by atoms with E-state index in [0.29, 0.717) is 12.8 Å². The zero-order valence-corrected chi connectivity index (χ0v) is 17.6. The maximum Gasteiger partial charge on any atom is 0.223 e. The van der Waals surface area contributed by atoms with Gasteiger partial charge >= 0.3 is 0 Å². The number of carbonyl (C=O) groups is 1. The van der Waals surface area contributed by atoms with Gasteiger partial charge in [0.15, 0.2) is 0 Å². The first kappa shape index (κ1) is 20.2. The monoisotopic (exact) mass is 404 g/mol. The van der Waals surface area contributed by atoms with Crippen molar-refractivity contribution in [2.75, 3.05) is 33.8 Å². The second-order valence-electron chi connectivity index (χ2n) is 7.77. The van der Waals surface area contributed by atoms with Gasteiger partial charge < -0.3 is 19.0 Å². The number of benzene rings is 2. The van der Waals surface area contributed by atoms with Gasteiger partial charge in [-0.05, 0) is 49.0 Å². The highest BCUT2D eigenvalue weighted by Gasteiger charge is 2.29. The van der Waals surface area contributed by atoms with Crippen molar-refractivity contribution in [1.29, 1.82) is 0 Å². The number of aryl methyl sites for hydroxylation is 1. The summed E-state index contributed by atoms with van der Waals surface area (Å²) >= 11 is 0. The minimum Gasteiger partial charge on any atom is -0.497 e. The molecule has 2 aromatic carbocycles. The average molecular weight is 405 g/mol. The van der Waals surface area contributed by atoms with E-state index in [9.17, 15) is 4.79 Å². The van der Waals surface area contributed by atoms with Crippen LogP contribution in [0.3, 0.4) is 0 Å². The van der Waals surface area contributed by atoms with Gasteiger partial charge in [-0.3, -0.25) is 4.79 Å². The summed E-state index contributed by atoms with van der Waals surface area (Å²) < 4.78 is 11.2. The molecule has 30 heavy (non-hydrogen) atoms. The largest absolute Gasteiger partial charge is 0.497 e. The molecule has 156 valence electrons. The van der Waals surface area contributed by atoms with Crippen molar-refractivity contribution in [2.45, 2.75) is 18.9 Å². The highest BCUT2D eigenvalue weighted by Crippen LogP contribution is 2.27. The molecular formula is C25H28N2O3. The third-order valence-corrected chi connectivity index (χ3v) is 5.71. The summed E-state index contributed by atoms with van der Waals surface area (Å²) in [6.45, 7) is 2.51. The molecule has 2 heterocycles. The Morgan fingerprint density at radius 1 is 1.03 bits per heavy atom. The second-order valence-corrected chi connectivity index (χ2v) is 7.77. The number of rotatable bonds is 6. The molecule has 1 aliphatic heterocycles. The maximum absolute atomic E-state index is 13.1. The molecule has 0 aliphatic carbocycles. The van der Waals surface area contributed by atoms with E-state index in [1.165, 1.54) is 5.56 Å². The molecule has 0 saturated carbocycles. The Bertz CT molecular complexity index is 966. The lowest BCUT2D eigenvalue weighted by Crippen LogP contribution is -2.49. The van der Waals surface area contributed by atoms with E-state index in [2.05, 4.69) is 24.1 Å². The molecule has 1 amide bonds. The van der Waals surface area contributed by atoms with Crippen LogP contribution in [0.4, 0.5) is 0 Å². The van der Waals surface area contributed by atoms with Crippen molar-refractivity contribution in [2.24, 2.45) is 0 Å². The fourth-order valence-corrected chi connectivity index (χ4v) is 3.97. The van der Waals surface area contributed by atoms with E-state index in [0.717, 1.165) is 42.5 Å². The molecule has 0 bridgehead atoms. The maximum atomic E-state index is 13.1. The Balaban J connectivity index is 1.40. The zero-order valence-electron chi connectivity index (χ0n) is 17.6. The van der Waals surface area contributed by atoms with Crippen LogP contribution in [0.5, 0.6) is 5.75 Å². The number of carbonyl (C=O) groups excluding carboxylic acids is 1. The smallest absolute Gasteiger partial charge is 0.223 e. The van der Waals surface area contributed by atoms with E-state index in [-0.39, 0.29) is 11.9 Å². The molecule has 1 saturated heterocycles. The summed E-state index contributed by atoms with van der Waals surface area (Å²) in [4.78, 5) is 17.4. The van der Waals surface area contributed by atoms with Gasteiger partial charge in [-0.1, -0.05) is 30.3 Å². The minimum atomic E-state index is 0.101. The van der Waals surface area contributed by atoms with Crippen molar-refractivity contribution in [3.63, 3.8) is 0 Å². The van der Waals surface area contributed by atoms with Crippen LogP contribution in [0.15, 0.2) is 71.1 Å². The highest BCUT2D eigenvalue weighted by atomic mass is 16.5. The van der Waals surface area contributed by atoms with Gasteiger partial charge in [0, 0.05) is 38.0 Å². The van der Waals surface area contributed by atoms with Gasteiger partial charge in [0.25, 0.3) is 0 Å². The first-order chi connectivity index (χ1) is 14.6. The van der Waals surface area contributed by atoms with Gasteiger partial charge in [-0.15, -0.1) is 0 Å². The Kier molecular flexibility index (Phi) is 6.19. The fraction of sp³-hybridized carbons (Fsp3) is 0.320. The number of hydrogen-bond donors (Lipinski definition) is 0. The van der Waals surface area contributed by atoms with Crippen molar-refractivity contribution in [3.8, 4) is 17.1 Å². The van der Waals surface area contributed by atoms with E-state index in [4.69, 9.17) is 9.15 Å². The van der Waals surface area contributed by atoms with Crippen LogP contribution in [0, 0.1) is 0 Å². The SMILES string of the molecule is COc1ccc(-c2ccc(CCC(=O)N3CCN(C)C[C@H]3c3ccccc3)o2)cc1. The molecular weight excluding hydrogens is 376 g/mol. The van der Waals surface area contributed by atoms with Crippen LogP contribution in [0.25, 0.3) is 11.3 Å². The van der Waals surface area contributed by atoms with Crippen molar-refractivity contribution in [1.82, 2.24) is 9.80 Å². The van der Waals surface area contributed by atoms with Crippen LogP contribution in [0.1, 0.15) is 23.8 Å². The first-order valence-corrected chi connectivity index (χ1v) is 10.4. The predicted molar refractivity (Wildman–Crippen MR) is 117 cm³/mol. The molecule has 3 aromatic rings. The Morgan fingerprint density at radius 2 is 1.80 bits per heavy atom. The normalized spacial score (nSPS) is 17.1. The minimum absolute atomic E-state index is 0.101. The lowest BCUT2D eigenvalue weighted by atomic mass is 10.0. The lowest BCUT2D eigenvalue weighted by molar-refractivity contribution is -0.136. The van der Waals surface area contributed by atoms with E-state index in [1.807, 2.05) is 59.5 Å². The highest BCUT2D eigenvalue weighted by molar-refractivity contribution is 5.77. The molecule has 0 N–H and O–H groups in total. The van der Waals surface area contributed by atoms with Crippen LogP contribution in [-0.2, 0) is 11.2 Å². The van der Waals surface area contributed by atoms with Gasteiger partial charge in [-0.25, -0.2) is 0 Å². The number of methoxy groups -OCH3 is 1. The Morgan fingerprint density at radius 3 is 2.53 bits per heavy atom. The summed E-state index contributed by atoms with van der Waals surface area (Å²) in [5, 5.41) is 0. The number of furan rings is 1. The first-order valence-electron chi connectivity index (χ1n) is 10.4. The van der Waals surface area contributed by atoms with Gasteiger partial charge in [0.1, 0.15) is 17.3 Å². The number of ether oxygens (including phenoxy) is 1. The quantitative estimate of drug-likeness (QED) is 0.611. The fourth-order valence-electron chi connectivity index (χ4n) is 3.97. The standard InChI is InChI=1S/C25H28N2O3/c1-26-16-17-27(23(18-26)19-6-4-3-5-7-19)25(28)15-13-22-12-14-24(30-22)20-8-10-21(29-2)11-9-20/h3-12,14,23H,13,15-18H2,1-2H3/t23-/m0/s1. The van der Waals surface area contributed by atoms with Crippen molar-refractivity contribution in [3.05, 3.63) is 78.1 Å². The van der Waals surface area contributed by atoms with Crippen LogP contribution < -0.4 is 4.74 Å². The number of hydrogen-bond acceptors (Lipinski definition) is 4. The molecule has 0 radical (unpaired) electrons. The van der Waals surface area contributed by atoms with Crippen LogP contribution in [-0.4, -0.2) is 49.5 Å². The third kappa shape index (κ3) is 4.57. The molecule has 1 aliphatic rings. The van der Waals surface area contributed by atoms with E-state index < -0.39 is 0 Å².